The van der Waals surface area contributed by atoms with Gasteiger partial charge in [0.15, 0.2) is 0 Å². The van der Waals surface area contributed by atoms with Crippen LogP contribution in [0.2, 0.25) is 0 Å². The number of benzene rings is 2. The van der Waals surface area contributed by atoms with E-state index in [-0.39, 0.29) is 17.3 Å². The smallest absolute Gasteiger partial charge is 0.123 e. The highest BCUT2D eigenvalue weighted by Crippen LogP contribution is 2.38. The van der Waals surface area contributed by atoms with Crippen molar-refractivity contribution in [3.8, 4) is 17.2 Å². The summed E-state index contributed by atoms with van der Waals surface area (Å²) in [5.41, 5.74) is 12.7. The maximum atomic E-state index is 13.9. The zero-order valence-corrected chi connectivity index (χ0v) is 23.2. The lowest BCUT2D eigenvalue weighted by atomic mass is 9.95. The third kappa shape index (κ3) is 5.76. The van der Waals surface area contributed by atoms with Crippen molar-refractivity contribution in [2.24, 2.45) is 5.41 Å². The summed E-state index contributed by atoms with van der Waals surface area (Å²) in [6, 6.07) is 13.0. The van der Waals surface area contributed by atoms with E-state index in [0.29, 0.717) is 18.2 Å². The highest BCUT2D eigenvalue weighted by molar-refractivity contribution is 6.04. The number of hydrogen-bond acceptors (Lipinski definition) is 9. The van der Waals surface area contributed by atoms with Gasteiger partial charge in [-0.25, -0.2) is 14.4 Å². The van der Waals surface area contributed by atoms with Crippen LogP contribution in [0, 0.1) is 22.6 Å². The minimum absolute atomic E-state index is 0.0109. The van der Waals surface area contributed by atoms with E-state index in [1.807, 2.05) is 12.1 Å². The second-order valence-electron chi connectivity index (χ2n) is 11.7. The predicted octanol–water partition coefficient (Wildman–Crippen LogP) is 5.64. The second kappa shape index (κ2) is 10.7. The maximum Gasteiger partial charge on any atom is 0.123 e. The van der Waals surface area contributed by atoms with Crippen molar-refractivity contribution in [2.45, 2.75) is 45.7 Å². The number of hydrazine groups is 2. The molecule has 2 aromatic carbocycles. The topological polar surface area (TPSA) is 114 Å². The second-order valence-corrected chi connectivity index (χ2v) is 11.7. The third-order valence-corrected chi connectivity index (χ3v) is 7.13. The average Bonchev–Trinajstić information content (AvgIpc) is 3.71. The Bertz CT molecular complexity index is 1640. The molecule has 0 saturated heterocycles. The quantitative estimate of drug-likeness (QED) is 0.222. The first kappa shape index (κ1) is 26.5. The zero-order valence-electron chi connectivity index (χ0n) is 23.2. The number of aromatic nitrogens is 3. The van der Waals surface area contributed by atoms with Crippen LogP contribution < -0.4 is 21.6 Å². The fourth-order valence-corrected chi connectivity index (χ4v) is 4.88. The molecule has 0 radical (unpaired) electrons. The molecule has 0 amide bonds. The van der Waals surface area contributed by atoms with E-state index in [9.17, 15) is 9.65 Å². The van der Waals surface area contributed by atoms with Gasteiger partial charge in [0, 0.05) is 59.6 Å². The Hall–Kier alpha value is -4.75. The first-order valence-electron chi connectivity index (χ1n) is 13.7. The van der Waals surface area contributed by atoms with Crippen LogP contribution in [0.25, 0.3) is 22.0 Å². The lowest BCUT2D eigenvalue weighted by Gasteiger charge is -2.24. The highest BCUT2D eigenvalue weighted by atomic mass is 19.1. The molecule has 4 aromatic rings. The summed E-state index contributed by atoms with van der Waals surface area (Å²) >= 11 is 0. The summed E-state index contributed by atoms with van der Waals surface area (Å²) < 4.78 is 13.9. The Balaban J connectivity index is 1.49. The minimum Gasteiger partial charge on any atom is -0.383 e. The van der Waals surface area contributed by atoms with Crippen LogP contribution in [0.4, 0.5) is 15.8 Å². The van der Waals surface area contributed by atoms with Crippen molar-refractivity contribution < 1.29 is 4.39 Å². The molecule has 41 heavy (non-hydrogen) atoms. The van der Waals surface area contributed by atoms with Gasteiger partial charge in [0.05, 0.1) is 28.5 Å². The van der Waals surface area contributed by atoms with E-state index in [1.54, 1.807) is 30.7 Å². The fraction of sp³-hybridized carbons (Fsp3) is 0.290. The molecule has 1 fully saturated rings. The monoisotopic (exact) mass is 549 g/mol. The van der Waals surface area contributed by atoms with E-state index < -0.39 is 0 Å². The number of nitrogens with one attached hydrogen (secondary N) is 4. The lowest BCUT2D eigenvalue weighted by Crippen LogP contribution is -2.38. The molecule has 6 rings (SSSR count). The molecule has 1 aliphatic heterocycles. The summed E-state index contributed by atoms with van der Waals surface area (Å²) in [4.78, 5) is 13.2. The molecule has 1 aliphatic carbocycles. The van der Waals surface area contributed by atoms with Crippen LogP contribution >= 0.6 is 0 Å². The maximum absolute atomic E-state index is 13.9. The Labute approximate surface area is 238 Å². The number of halogens is 1. The van der Waals surface area contributed by atoms with Crippen molar-refractivity contribution in [1.29, 1.82) is 5.26 Å². The molecule has 3 heterocycles. The molecule has 1 atom stereocenters. The number of hydrogen-bond donors (Lipinski definition) is 4. The molecule has 2 aromatic heterocycles. The summed E-state index contributed by atoms with van der Waals surface area (Å²) in [7, 11) is 0. The van der Waals surface area contributed by atoms with Gasteiger partial charge >= 0.3 is 0 Å². The van der Waals surface area contributed by atoms with Gasteiger partial charge in [0.1, 0.15) is 18.2 Å². The first-order valence-corrected chi connectivity index (χ1v) is 13.7. The molecule has 9 nitrogen and oxygen atoms in total. The van der Waals surface area contributed by atoms with E-state index in [4.69, 9.17) is 4.98 Å². The Morgan fingerprint density at radius 3 is 2.56 bits per heavy atom. The van der Waals surface area contributed by atoms with E-state index in [1.165, 1.54) is 18.5 Å². The van der Waals surface area contributed by atoms with Crippen molar-refractivity contribution in [2.75, 3.05) is 17.2 Å². The number of anilines is 2. The third-order valence-electron chi connectivity index (χ3n) is 7.13. The van der Waals surface area contributed by atoms with E-state index >= 15 is 0 Å². The van der Waals surface area contributed by atoms with Crippen molar-refractivity contribution in [1.82, 2.24) is 30.9 Å². The van der Waals surface area contributed by atoms with Crippen molar-refractivity contribution in [3.05, 3.63) is 90.2 Å². The lowest BCUT2D eigenvalue weighted by molar-refractivity contribution is 0.260. The fourth-order valence-electron chi connectivity index (χ4n) is 4.88. The van der Waals surface area contributed by atoms with Crippen molar-refractivity contribution >= 4 is 22.3 Å². The number of fused-ring (bicyclic) bond motifs is 1. The van der Waals surface area contributed by atoms with Gasteiger partial charge in [-0.3, -0.25) is 9.99 Å². The van der Waals surface area contributed by atoms with E-state index in [0.717, 1.165) is 57.5 Å². The molecular weight excluding hydrogens is 517 g/mol. The number of pyridine rings is 1. The van der Waals surface area contributed by atoms with Gasteiger partial charge in [0.25, 0.3) is 0 Å². The number of rotatable bonds is 8. The van der Waals surface area contributed by atoms with Crippen LogP contribution in [-0.4, -0.2) is 32.5 Å². The van der Waals surface area contributed by atoms with Gasteiger partial charge in [-0.15, -0.1) is 5.53 Å². The standard InChI is InChI=1S/C31H32FN9/c1-31(2,3)17-37-28-20(12-33)15-36-30-25(21-13-34-18-35-14-21)10-23(11-26(28)30)38-29(19-4-6-22(32)7-5-19)27-16-41(40-39-27)24-8-9-24/h4-7,10-11,13-16,18,24,29,38-40H,8-9,17H2,1-3H3,(H,36,37). The predicted molar refractivity (Wildman–Crippen MR) is 157 cm³/mol. The van der Waals surface area contributed by atoms with Gasteiger partial charge < -0.3 is 16.1 Å². The Morgan fingerprint density at radius 1 is 1.12 bits per heavy atom. The Kier molecular flexibility index (Phi) is 6.89. The number of nitrogens with zero attached hydrogens (tertiary/aromatic N) is 5. The van der Waals surface area contributed by atoms with Crippen LogP contribution in [0.5, 0.6) is 0 Å². The van der Waals surface area contributed by atoms with E-state index in [2.05, 4.69) is 69.6 Å². The molecule has 0 spiro atoms. The summed E-state index contributed by atoms with van der Waals surface area (Å²) in [5, 5.41) is 20.1. The van der Waals surface area contributed by atoms with Gasteiger partial charge in [-0.05, 0) is 48.1 Å². The van der Waals surface area contributed by atoms with Crippen LogP contribution in [0.15, 0.2) is 73.2 Å². The average molecular weight is 550 g/mol. The summed E-state index contributed by atoms with van der Waals surface area (Å²) in [6.45, 7) is 7.09. The first-order chi connectivity index (χ1) is 19.8. The zero-order chi connectivity index (χ0) is 28.6. The highest BCUT2D eigenvalue weighted by Gasteiger charge is 2.32. The van der Waals surface area contributed by atoms with Gasteiger partial charge in [-0.1, -0.05) is 32.9 Å². The molecule has 208 valence electrons. The normalized spacial score (nSPS) is 15.7. The van der Waals surface area contributed by atoms with Gasteiger partial charge in [0.2, 0.25) is 0 Å². The molecule has 10 heteroatoms. The van der Waals surface area contributed by atoms with Gasteiger partial charge in [-0.2, -0.15) is 5.26 Å². The number of nitriles is 1. The molecule has 1 saturated carbocycles. The minimum atomic E-state index is -0.317. The largest absolute Gasteiger partial charge is 0.383 e. The molecule has 4 N–H and O–H groups in total. The summed E-state index contributed by atoms with van der Waals surface area (Å²) in [5.74, 6) is -0.291. The molecule has 1 unspecified atom stereocenters. The summed E-state index contributed by atoms with van der Waals surface area (Å²) in [6.07, 6.45) is 11.0. The molecular formula is C31H32FN9. The molecule has 0 bridgehead atoms. The van der Waals surface area contributed by atoms with Crippen LogP contribution in [0.1, 0.15) is 50.8 Å². The van der Waals surface area contributed by atoms with Crippen LogP contribution in [0.3, 0.4) is 0 Å². The van der Waals surface area contributed by atoms with Crippen LogP contribution in [-0.2, 0) is 0 Å². The Morgan fingerprint density at radius 2 is 1.88 bits per heavy atom. The van der Waals surface area contributed by atoms with Crippen molar-refractivity contribution in [3.63, 3.8) is 0 Å². The molecule has 2 aliphatic rings. The SMILES string of the molecule is CC(C)(C)CNc1c(C#N)cnc2c(-c3cncnc3)cc(NC(C3=CN(C4CC4)NN3)c3ccc(F)cc3)cc12.